The topological polar surface area (TPSA) is 36.9 Å². The summed E-state index contributed by atoms with van der Waals surface area (Å²) in [7, 11) is -6.90. The van der Waals surface area contributed by atoms with Crippen LogP contribution in [0.25, 0.3) is 0 Å². The predicted molar refractivity (Wildman–Crippen MR) is 185 cm³/mol. The van der Waals surface area contributed by atoms with Crippen LogP contribution in [0.5, 0.6) is 0 Å². The molecule has 0 aromatic rings. The van der Waals surface area contributed by atoms with Crippen molar-refractivity contribution in [1.82, 2.24) is 0 Å². The standard InChI is InChI=1S/C33H68O4Si4/c1-24(34-38(4,5)6)33(37-41(13,14)15)21-19-28-27-17-16-25-22-26(35-39(7,8)9)18-20-31(25,2)30(27)29(23-32(28,33)3)36-40(10,11)12/h24-30H,16-23H2,1-15H3/t24-,25-,26-,27+,28+,29+,30-,31+,32+,33+/m1/s1. The lowest BCUT2D eigenvalue weighted by Gasteiger charge is -2.66. The third-order valence-corrected chi connectivity index (χ3v) is 15.5. The maximum Gasteiger partial charge on any atom is 0.184 e. The van der Waals surface area contributed by atoms with E-state index in [0.29, 0.717) is 29.5 Å². The first kappa shape index (κ1) is 34.6. The van der Waals surface area contributed by atoms with E-state index in [2.05, 4.69) is 99.3 Å². The molecule has 41 heavy (non-hydrogen) atoms. The minimum atomic E-state index is -1.85. The van der Waals surface area contributed by atoms with E-state index < -0.39 is 33.3 Å². The molecule has 4 nitrogen and oxygen atoms in total. The van der Waals surface area contributed by atoms with Crippen LogP contribution in [0.3, 0.4) is 0 Å². The zero-order chi connectivity index (χ0) is 31.0. The fraction of sp³-hybridized carbons (Fsp3) is 1.00. The minimum absolute atomic E-state index is 0.0686. The second-order valence-electron chi connectivity index (χ2n) is 19.1. The highest BCUT2D eigenvalue weighted by Gasteiger charge is 2.70. The van der Waals surface area contributed by atoms with Gasteiger partial charge in [-0.2, -0.15) is 0 Å². The Hall–Kier alpha value is 0.708. The van der Waals surface area contributed by atoms with Crippen molar-refractivity contribution >= 4 is 33.3 Å². The summed E-state index contributed by atoms with van der Waals surface area (Å²) in [5.41, 5.74) is 0.188. The van der Waals surface area contributed by atoms with Crippen molar-refractivity contribution in [3.05, 3.63) is 0 Å². The molecule has 4 saturated carbocycles. The zero-order valence-electron chi connectivity index (χ0n) is 29.8. The van der Waals surface area contributed by atoms with Gasteiger partial charge in [-0.1, -0.05) is 13.8 Å². The summed E-state index contributed by atoms with van der Waals surface area (Å²) in [6.07, 6.45) is 10.9. The van der Waals surface area contributed by atoms with Crippen LogP contribution in [0.1, 0.15) is 72.1 Å². The van der Waals surface area contributed by atoms with E-state index in [1.54, 1.807) is 0 Å². The van der Waals surface area contributed by atoms with Crippen LogP contribution < -0.4 is 0 Å². The van der Waals surface area contributed by atoms with Crippen LogP contribution in [0.4, 0.5) is 0 Å². The molecule has 8 heteroatoms. The van der Waals surface area contributed by atoms with Crippen LogP contribution in [0, 0.1) is 34.5 Å². The first-order chi connectivity index (χ1) is 18.4. The summed E-state index contributed by atoms with van der Waals surface area (Å²) in [5, 5.41) is 0. The SMILES string of the molecule is C[C@@H](O[Si](C)(C)C)[C@@]1(O[Si](C)(C)C)CC[C@H]2[C@@H]3CC[C@@H]4C[C@H](O[Si](C)(C)C)CC[C@]4(C)[C@H]3[C@@H](O[Si](C)(C)C)C[C@@]21C. The van der Waals surface area contributed by atoms with E-state index in [-0.39, 0.29) is 17.1 Å². The largest absolute Gasteiger partial charge is 0.415 e. The quantitative estimate of drug-likeness (QED) is 0.235. The lowest BCUT2D eigenvalue weighted by Crippen LogP contribution is -2.67. The summed E-state index contributed by atoms with van der Waals surface area (Å²) in [6, 6.07) is 0. The molecule has 0 N–H and O–H groups in total. The van der Waals surface area contributed by atoms with Gasteiger partial charge < -0.3 is 17.7 Å². The van der Waals surface area contributed by atoms with Crippen molar-refractivity contribution in [2.24, 2.45) is 34.5 Å². The number of hydrogen-bond donors (Lipinski definition) is 0. The summed E-state index contributed by atoms with van der Waals surface area (Å²) in [6.45, 7) is 36.2. The third kappa shape index (κ3) is 7.10. The molecule has 0 unspecified atom stereocenters. The summed E-state index contributed by atoms with van der Waals surface area (Å²) in [4.78, 5) is 0. The van der Waals surface area contributed by atoms with E-state index in [1.165, 1.54) is 38.5 Å². The Morgan fingerprint density at radius 3 is 1.83 bits per heavy atom. The molecule has 4 aliphatic carbocycles. The Balaban J connectivity index is 1.75. The predicted octanol–water partition coefficient (Wildman–Crippen LogP) is 9.91. The van der Waals surface area contributed by atoms with Gasteiger partial charge in [0.15, 0.2) is 33.3 Å². The van der Waals surface area contributed by atoms with Gasteiger partial charge in [0.05, 0.1) is 11.7 Å². The van der Waals surface area contributed by atoms with Crippen molar-refractivity contribution in [3.63, 3.8) is 0 Å². The second kappa shape index (κ2) is 11.2. The van der Waals surface area contributed by atoms with Crippen molar-refractivity contribution in [1.29, 1.82) is 0 Å². The van der Waals surface area contributed by atoms with E-state index in [0.717, 1.165) is 24.7 Å². The molecule has 0 spiro atoms. The zero-order valence-corrected chi connectivity index (χ0v) is 33.8. The van der Waals surface area contributed by atoms with Crippen molar-refractivity contribution in [3.8, 4) is 0 Å². The molecule has 0 aliphatic heterocycles. The first-order valence-corrected chi connectivity index (χ1v) is 30.8. The Morgan fingerprint density at radius 2 is 1.29 bits per heavy atom. The molecule has 4 fully saturated rings. The normalized spacial score (nSPS) is 42.8. The molecule has 0 amide bonds. The maximum atomic E-state index is 7.50. The molecule has 0 aromatic heterocycles. The fourth-order valence-corrected chi connectivity index (χ4v) is 15.8. The van der Waals surface area contributed by atoms with Gasteiger partial charge in [0.25, 0.3) is 0 Å². The maximum absolute atomic E-state index is 7.50. The lowest BCUT2D eigenvalue weighted by molar-refractivity contribution is -0.207. The molecule has 10 atom stereocenters. The van der Waals surface area contributed by atoms with E-state index in [4.69, 9.17) is 17.7 Å². The Bertz CT molecular complexity index is 933. The van der Waals surface area contributed by atoms with Gasteiger partial charge in [0.2, 0.25) is 0 Å². The molecule has 4 rings (SSSR count). The molecule has 0 bridgehead atoms. The first-order valence-electron chi connectivity index (χ1n) is 17.1. The van der Waals surface area contributed by atoms with Crippen LogP contribution in [0.2, 0.25) is 78.6 Å². The number of fused-ring (bicyclic) bond motifs is 5. The summed E-state index contributed by atoms with van der Waals surface area (Å²) < 4.78 is 28.6. The fourth-order valence-electron chi connectivity index (χ4n) is 10.6. The van der Waals surface area contributed by atoms with Crippen molar-refractivity contribution in [2.75, 3.05) is 0 Å². The molecule has 240 valence electrons. The minimum Gasteiger partial charge on any atom is -0.415 e. The molecule has 0 radical (unpaired) electrons. The Morgan fingerprint density at radius 1 is 0.683 bits per heavy atom. The van der Waals surface area contributed by atoms with Crippen LogP contribution in [-0.4, -0.2) is 57.2 Å². The van der Waals surface area contributed by atoms with Gasteiger partial charge in [-0.15, -0.1) is 0 Å². The highest BCUT2D eigenvalue weighted by molar-refractivity contribution is 6.71. The summed E-state index contributed by atoms with van der Waals surface area (Å²) >= 11 is 0. The van der Waals surface area contributed by atoms with Gasteiger partial charge in [-0.3, -0.25) is 0 Å². The molecule has 0 saturated heterocycles. The summed E-state index contributed by atoms with van der Waals surface area (Å²) in [5.74, 6) is 2.81. The smallest absolute Gasteiger partial charge is 0.184 e. The van der Waals surface area contributed by atoms with Gasteiger partial charge in [0, 0.05) is 17.6 Å². The van der Waals surface area contributed by atoms with E-state index in [9.17, 15) is 0 Å². The van der Waals surface area contributed by atoms with Gasteiger partial charge in [0.1, 0.15) is 0 Å². The molecule has 0 heterocycles. The average Bonchev–Trinajstić information content (AvgIpc) is 3.02. The Kier molecular flexibility index (Phi) is 9.44. The highest BCUT2D eigenvalue weighted by Crippen LogP contribution is 2.70. The third-order valence-electron chi connectivity index (χ3n) is 11.4. The van der Waals surface area contributed by atoms with Crippen molar-refractivity contribution in [2.45, 2.75) is 175 Å². The molecular weight excluding hydrogens is 573 g/mol. The Labute approximate surface area is 259 Å². The van der Waals surface area contributed by atoms with Crippen molar-refractivity contribution < 1.29 is 17.7 Å². The van der Waals surface area contributed by atoms with E-state index >= 15 is 0 Å². The number of rotatable bonds is 9. The van der Waals surface area contributed by atoms with Gasteiger partial charge in [-0.05, 0) is 166 Å². The lowest BCUT2D eigenvalue weighted by atomic mass is 9.43. The highest BCUT2D eigenvalue weighted by atomic mass is 28.4. The monoisotopic (exact) mass is 640 g/mol. The van der Waals surface area contributed by atoms with Crippen LogP contribution in [0.15, 0.2) is 0 Å². The van der Waals surface area contributed by atoms with Crippen LogP contribution >= 0.6 is 0 Å². The molecular formula is C33H68O4Si4. The number of hydrogen-bond acceptors (Lipinski definition) is 4. The molecule has 4 aliphatic rings. The molecule has 0 aromatic carbocycles. The van der Waals surface area contributed by atoms with E-state index in [1.807, 2.05) is 0 Å². The van der Waals surface area contributed by atoms with Gasteiger partial charge >= 0.3 is 0 Å². The second-order valence-corrected chi connectivity index (χ2v) is 36.9. The van der Waals surface area contributed by atoms with Crippen LogP contribution in [-0.2, 0) is 17.7 Å². The van der Waals surface area contributed by atoms with Gasteiger partial charge in [-0.25, -0.2) is 0 Å². The average molecular weight is 641 g/mol.